The molecule has 0 spiro atoms. The summed E-state index contributed by atoms with van der Waals surface area (Å²) in [6.45, 7) is 6.02. The Kier molecular flexibility index (Phi) is 11.2. The van der Waals surface area contributed by atoms with Gasteiger partial charge in [-0.15, -0.1) is 0 Å². The third-order valence-corrected chi connectivity index (χ3v) is 6.28. The monoisotopic (exact) mass is 452 g/mol. The number of benzene rings is 2. The second-order valence-electron chi connectivity index (χ2n) is 9.38. The van der Waals surface area contributed by atoms with Crippen LogP contribution in [-0.4, -0.2) is 18.9 Å². The van der Waals surface area contributed by atoms with E-state index in [0.29, 0.717) is 18.6 Å². The first-order valence-electron chi connectivity index (χ1n) is 12.3. The summed E-state index contributed by atoms with van der Waals surface area (Å²) in [5, 5.41) is 0. The fraction of sp³-hybridized carbons (Fsp3) is 0.517. The van der Waals surface area contributed by atoms with Crippen molar-refractivity contribution in [1.82, 2.24) is 0 Å². The van der Waals surface area contributed by atoms with Crippen molar-refractivity contribution in [2.24, 2.45) is 0 Å². The van der Waals surface area contributed by atoms with Gasteiger partial charge < -0.3 is 14.3 Å². The average Bonchev–Trinajstić information content (AvgIpc) is 2.80. The van der Waals surface area contributed by atoms with Gasteiger partial charge in [0.1, 0.15) is 17.3 Å². The number of ether oxygens (including phenoxy) is 2. The lowest BCUT2D eigenvalue weighted by atomic mass is 9.78. The molecule has 0 aromatic heterocycles. The van der Waals surface area contributed by atoms with Crippen molar-refractivity contribution in [2.75, 3.05) is 7.11 Å². The highest BCUT2D eigenvalue weighted by Crippen LogP contribution is 2.33. The molecule has 0 N–H and O–H groups in total. The highest BCUT2D eigenvalue weighted by molar-refractivity contribution is 5.75. The number of ketones is 1. The second-order valence-corrected chi connectivity index (χ2v) is 9.38. The van der Waals surface area contributed by atoms with Gasteiger partial charge in [0.2, 0.25) is 0 Å². The number of Topliss-reactive ketones (excluding diaryl/α,β-unsaturated/α-hetero) is 1. The summed E-state index contributed by atoms with van der Waals surface area (Å²) in [5.41, 5.74) is 2.19. The van der Waals surface area contributed by atoms with E-state index in [-0.39, 0.29) is 17.2 Å². The zero-order valence-electron chi connectivity index (χ0n) is 20.8. The molecule has 2 rings (SSSR count). The van der Waals surface area contributed by atoms with E-state index >= 15 is 0 Å². The normalized spacial score (nSPS) is 11.3. The Labute approximate surface area is 199 Å². The van der Waals surface area contributed by atoms with Crippen molar-refractivity contribution < 1.29 is 19.1 Å². The maximum absolute atomic E-state index is 12.2. The quantitative estimate of drug-likeness (QED) is 0.160. The second kappa shape index (κ2) is 13.8. The summed E-state index contributed by atoms with van der Waals surface area (Å²) in [6, 6.07) is 15.9. The van der Waals surface area contributed by atoms with Crippen LogP contribution in [0.5, 0.6) is 11.5 Å². The fourth-order valence-electron chi connectivity index (χ4n) is 4.00. The van der Waals surface area contributed by atoms with E-state index in [9.17, 15) is 9.59 Å². The predicted molar refractivity (Wildman–Crippen MR) is 134 cm³/mol. The number of methoxy groups -OCH3 is 1. The number of hydrogen-bond donors (Lipinski definition) is 0. The van der Waals surface area contributed by atoms with E-state index in [0.717, 1.165) is 43.4 Å². The van der Waals surface area contributed by atoms with Crippen molar-refractivity contribution in [3.8, 4) is 11.5 Å². The molecule has 0 heterocycles. The number of rotatable bonds is 15. The average molecular weight is 453 g/mol. The van der Waals surface area contributed by atoms with Crippen LogP contribution >= 0.6 is 0 Å². The molecule has 2 aromatic rings. The molecule has 4 nitrogen and oxygen atoms in total. The van der Waals surface area contributed by atoms with Gasteiger partial charge >= 0.3 is 5.97 Å². The van der Waals surface area contributed by atoms with Crippen molar-refractivity contribution >= 4 is 11.8 Å². The molecule has 0 aliphatic heterocycles. The fourth-order valence-corrected chi connectivity index (χ4v) is 4.00. The van der Waals surface area contributed by atoms with E-state index in [1.165, 1.54) is 24.8 Å². The van der Waals surface area contributed by atoms with Gasteiger partial charge in [-0.2, -0.15) is 0 Å². The maximum Gasteiger partial charge on any atom is 0.311 e. The smallest absolute Gasteiger partial charge is 0.311 e. The molecule has 4 heteroatoms. The summed E-state index contributed by atoms with van der Waals surface area (Å²) in [5.74, 6) is 1.56. The van der Waals surface area contributed by atoms with Crippen LogP contribution in [0.1, 0.15) is 96.1 Å². The molecule has 0 atom stereocenters. The van der Waals surface area contributed by atoms with E-state index in [1.807, 2.05) is 36.4 Å². The van der Waals surface area contributed by atoms with Crippen LogP contribution in [0.3, 0.4) is 0 Å². The molecule has 0 fully saturated rings. The van der Waals surface area contributed by atoms with Crippen molar-refractivity contribution in [2.45, 2.75) is 90.4 Å². The molecule has 0 amide bonds. The first kappa shape index (κ1) is 26.6. The van der Waals surface area contributed by atoms with Gasteiger partial charge in [0, 0.05) is 18.3 Å². The van der Waals surface area contributed by atoms with Crippen LogP contribution in [0.4, 0.5) is 0 Å². The first-order valence-corrected chi connectivity index (χ1v) is 12.3. The van der Waals surface area contributed by atoms with E-state index < -0.39 is 0 Å². The van der Waals surface area contributed by atoms with Crippen LogP contribution < -0.4 is 9.47 Å². The summed E-state index contributed by atoms with van der Waals surface area (Å²) < 4.78 is 10.8. The minimum atomic E-state index is -0.165. The SMILES string of the molecule is COc1ccc(C(C)(C)c2ccc(OC(=O)CCCCCCCCCCC(C)=O)cc2)cc1. The van der Waals surface area contributed by atoms with Crippen LogP contribution in [0.15, 0.2) is 48.5 Å². The zero-order valence-corrected chi connectivity index (χ0v) is 20.8. The third-order valence-electron chi connectivity index (χ3n) is 6.28. The molecule has 0 saturated carbocycles. The Morgan fingerprint density at radius 1 is 0.667 bits per heavy atom. The molecular formula is C29H40O4. The van der Waals surface area contributed by atoms with Gasteiger partial charge in [0.05, 0.1) is 7.11 Å². The Morgan fingerprint density at radius 3 is 1.55 bits per heavy atom. The minimum absolute atomic E-state index is 0.164. The molecule has 180 valence electrons. The zero-order chi connectivity index (χ0) is 24.1. The molecule has 0 radical (unpaired) electrons. The van der Waals surface area contributed by atoms with Gasteiger partial charge in [-0.3, -0.25) is 4.79 Å². The highest BCUT2D eigenvalue weighted by Gasteiger charge is 2.23. The van der Waals surface area contributed by atoms with Gasteiger partial charge in [0.25, 0.3) is 0 Å². The number of esters is 1. The van der Waals surface area contributed by atoms with Gasteiger partial charge in [0.15, 0.2) is 0 Å². The van der Waals surface area contributed by atoms with Crippen molar-refractivity contribution in [1.29, 1.82) is 0 Å². The molecular weight excluding hydrogens is 412 g/mol. The lowest BCUT2D eigenvalue weighted by Crippen LogP contribution is -2.18. The van der Waals surface area contributed by atoms with Crippen LogP contribution in [-0.2, 0) is 15.0 Å². The summed E-state index contributed by atoms with van der Waals surface area (Å²) >= 11 is 0. The van der Waals surface area contributed by atoms with Crippen LogP contribution in [0.25, 0.3) is 0 Å². The molecule has 0 aliphatic rings. The Morgan fingerprint density at radius 2 is 1.09 bits per heavy atom. The Hall–Kier alpha value is -2.62. The first-order chi connectivity index (χ1) is 15.8. The molecule has 0 unspecified atom stereocenters. The number of carbonyl (C=O) groups is 2. The van der Waals surface area contributed by atoms with Crippen molar-refractivity contribution in [3.05, 3.63) is 59.7 Å². The molecule has 33 heavy (non-hydrogen) atoms. The van der Waals surface area contributed by atoms with E-state index in [2.05, 4.69) is 26.0 Å². The van der Waals surface area contributed by atoms with Crippen molar-refractivity contribution in [3.63, 3.8) is 0 Å². The molecule has 0 aliphatic carbocycles. The molecule has 0 saturated heterocycles. The summed E-state index contributed by atoms with van der Waals surface area (Å²) in [4.78, 5) is 23.1. The predicted octanol–water partition coefficient (Wildman–Crippen LogP) is 7.42. The lowest BCUT2D eigenvalue weighted by molar-refractivity contribution is -0.134. The summed E-state index contributed by atoms with van der Waals surface area (Å²) in [7, 11) is 1.67. The topological polar surface area (TPSA) is 52.6 Å². The summed E-state index contributed by atoms with van der Waals surface area (Å²) in [6.07, 6.45) is 9.99. The largest absolute Gasteiger partial charge is 0.497 e. The third kappa shape index (κ3) is 9.41. The van der Waals surface area contributed by atoms with Gasteiger partial charge in [-0.05, 0) is 55.2 Å². The molecule has 0 bridgehead atoms. The standard InChI is InChI=1S/C29H40O4/c1-23(30)13-11-9-7-5-6-8-10-12-14-28(31)33-27-21-17-25(18-22-27)29(2,3)24-15-19-26(32-4)20-16-24/h15-22H,5-14H2,1-4H3. The van der Waals surface area contributed by atoms with Gasteiger partial charge in [-0.1, -0.05) is 76.6 Å². The highest BCUT2D eigenvalue weighted by atomic mass is 16.5. The van der Waals surface area contributed by atoms with Gasteiger partial charge in [-0.25, -0.2) is 0 Å². The van der Waals surface area contributed by atoms with Crippen LogP contribution in [0.2, 0.25) is 0 Å². The number of unbranched alkanes of at least 4 members (excludes halogenated alkanes) is 7. The number of hydrogen-bond acceptors (Lipinski definition) is 4. The molecule has 2 aromatic carbocycles. The lowest BCUT2D eigenvalue weighted by Gasteiger charge is -2.26. The number of carbonyl (C=O) groups excluding carboxylic acids is 2. The Balaban J connectivity index is 1.67. The Bertz CT molecular complexity index is 850. The van der Waals surface area contributed by atoms with Crippen LogP contribution in [0, 0.1) is 0 Å². The van der Waals surface area contributed by atoms with E-state index in [1.54, 1.807) is 14.0 Å². The van der Waals surface area contributed by atoms with E-state index in [4.69, 9.17) is 9.47 Å². The minimum Gasteiger partial charge on any atom is -0.497 e. The maximum atomic E-state index is 12.2.